The fourth-order valence-corrected chi connectivity index (χ4v) is 5.62. The molecule has 0 heterocycles. The van der Waals surface area contributed by atoms with Crippen LogP contribution in [0.25, 0.3) is 0 Å². The van der Waals surface area contributed by atoms with Crippen LogP contribution in [0.4, 0.5) is 0 Å². The van der Waals surface area contributed by atoms with Gasteiger partial charge in [-0.2, -0.15) is 0 Å². The van der Waals surface area contributed by atoms with Crippen LogP contribution in [0.15, 0.2) is 12.2 Å². The maximum Gasteiger partial charge on any atom is 0.303 e. The van der Waals surface area contributed by atoms with Crippen LogP contribution in [0.1, 0.15) is 77.6 Å². The number of carboxylic acids is 1. The Balaban J connectivity index is 2.83. The van der Waals surface area contributed by atoms with Crippen molar-refractivity contribution in [3.05, 3.63) is 12.2 Å². The number of aliphatic hydroxyl groups is 2. The van der Waals surface area contributed by atoms with E-state index in [1.54, 1.807) is 6.08 Å². The van der Waals surface area contributed by atoms with Gasteiger partial charge in [-0.05, 0) is 63.7 Å². The summed E-state index contributed by atoms with van der Waals surface area (Å²) in [5.41, 5.74) is -1.26. The van der Waals surface area contributed by atoms with Gasteiger partial charge in [0, 0.05) is 12.3 Å². The van der Waals surface area contributed by atoms with Gasteiger partial charge in [0.05, 0.1) is 12.2 Å². The molecule has 0 aliphatic heterocycles. The zero-order valence-corrected chi connectivity index (χ0v) is 21.0. The van der Waals surface area contributed by atoms with Crippen molar-refractivity contribution in [1.29, 1.82) is 0 Å². The van der Waals surface area contributed by atoms with Gasteiger partial charge in [0.15, 0.2) is 8.32 Å². The number of aliphatic hydroxyl groups excluding tert-OH is 1. The Morgan fingerprint density at radius 1 is 1.19 bits per heavy atom. The molecule has 0 aromatic rings. The third kappa shape index (κ3) is 10.8. The third-order valence-corrected chi connectivity index (χ3v) is 7.09. The van der Waals surface area contributed by atoms with Crippen LogP contribution in [-0.2, 0) is 9.22 Å². The number of unbranched alkanes of at least 4 members (excludes halogenated alkanes) is 5. The molecule has 0 radical (unpaired) electrons. The van der Waals surface area contributed by atoms with Gasteiger partial charge in [-0.25, -0.2) is 0 Å². The molecule has 0 amide bonds. The minimum atomic E-state index is -1.80. The first kappa shape index (κ1) is 27.9. The summed E-state index contributed by atoms with van der Waals surface area (Å²) in [5.74, 6) is 1.89. The highest BCUT2D eigenvalue weighted by atomic mass is 28.4. The Labute approximate surface area is 190 Å². The Morgan fingerprint density at radius 2 is 1.87 bits per heavy atom. The van der Waals surface area contributed by atoms with Crippen LogP contribution >= 0.6 is 0 Å². The Hall–Kier alpha value is -1.13. The second kappa shape index (κ2) is 13.4. The van der Waals surface area contributed by atoms with Gasteiger partial charge in [-0.15, -0.1) is 6.42 Å². The molecule has 0 saturated heterocycles. The highest BCUT2D eigenvalue weighted by Crippen LogP contribution is 2.40. The highest BCUT2D eigenvalue weighted by molar-refractivity contribution is 6.69. The summed E-state index contributed by atoms with van der Waals surface area (Å²) in [7, 11) is -1.80. The zero-order chi connectivity index (χ0) is 23.5. The van der Waals surface area contributed by atoms with Crippen molar-refractivity contribution in [2.24, 2.45) is 11.8 Å². The summed E-state index contributed by atoms with van der Waals surface area (Å²) in [6.07, 6.45) is 17.6. The summed E-state index contributed by atoms with van der Waals surface area (Å²) in [6, 6.07) is 0. The molecule has 0 aromatic heterocycles. The first-order valence-corrected chi connectivity index (χ1v) is 15.4. The van der Waals surface area contributed by atoms with Gasteiger partial charge in [-0.3, -0.25) is 4.79 Å². The maximum atomic E-state index is 10.8. The largest absolute Gasteiger partial charge is 0.481 e. The van der Waals surface area contributed by atoms with Crippen LogP contribution in [0, 0.1) is 24.2 Å². The molecule has 1 rings (SSSR count). The first-order valence-electron chi connectivity index (χ1n) is 12.0. The van der Waals surface area contributed by atoms with E-state index >= 15 is 0 Å². The molecule has 1 aliphatic carbocycles. The molecule has 5 atom stereocenters. The number of hydrogen-bond acceptors (Lipinski definition) is 4. The maximum absolute atomic E-state index is 10.8. The Bertz CT molecular complexity index is 606. The SMILES string of the molecule is C#C[C@@](O)(C=C[C@@H]1[C@@H](CCCCCCC(=O)O)[C@@H](O)C[C@H]1O[Si](C)(C)C)CCCCC. The van der Waals surface area contributed by atoms with Crippen molar-refractivity contribution in [1.82, 2.24) is 0 Å². The normalized spacial score (nSPS) is 26.1. The monoisotopic (exact) mass is 452 g/mol. The molecule has 5 nitrogen and oxygen atoms in total. The zero-order valence-electron chi connectivity index (χ0n) is 20.0. The van der Waals surface area contributed by atoms with Crippen LogP contribution in [0.5, 0.6) is 0 Å². The van der Waals surface area contributed by atoms with Gasteiger partial charge in [0.25, 0.3) is 0 Å². The van der Waals surface area contributed by atoms with E-state index < -0.39 is 26.0 Å². The van der Waals surface area contributed by atoms with E-state index in [1.807, 2.05) is 6.08 Å². The quantitative estimate of drug-likeness (QED) is 0.139. The van der Waals surface area contributed by atoms with Gasteiger partial charge in [-0.1, -0.05) is 51.0 Å². The van der Waals surface area contributed by atoms with Crippen molar-refractivity contribution in [2.75, 3.05) is 0 Å². The second-order valence-electron chi connectivity index (χ2n) is 10.0. The number of hydrogen-bond donors (Lipinski definition) is 3. The predicted octanol–water partition coefficient (Wildman–Crippen LogP) is 5.13. The molecule has 0 bridgehead atoms. The van der Waals surface area contributed by atoms with E-state index in [4.69, 9.17) is 16.0 Å². The first-order chi connectivity index (χ1) is 14.5. The number of rotatable bonds is 15. The molecule has 0 unspecified atom stereocenters. The van der Waals surface area contributed by atoms with E-state index in [2.05, 4.69) is 32.5 Å². The molecular weight excluding hydrogens is 408 g/mol. The smallest absolute Gasteiger partial charge is 0.303 e. The standard InChI is InChI=1S/C25H44O5Si/c1-6-8-13-17-25(29,7-2)18-16-21-20(14-11-9-10-12-15-24(27)28)22(26)19-23(21)30-31(3,4)5/h2,16,18,20-23,26,29H,6,8-15,17,19H2,1,3-5H3,(H,27,28)/t20-,21-,22+,23-,25+/m1/s1. The molecule has 0 aromatic carbocycles. The van der Waals surface area contributed by atoms with Gasteiger partial charge >= 0.3 is 5.97 Å². The van der Waals surface area contributed by atoms with E-state index in [0.717, 1.165) is 44.9 Å². The average Bonchev–Trinajstić information content (AvgIpc) is 2.95. The topological polar surface area (TPSA) is 87.0 Å². The van der Waals surface area contributed by atoms with E-state index in [9.17, 15) is 15.0 Å². The molecule has 1 aliphatic rings. The molecule has 178 valence electrons. The Morgan fingerprint density at radius 3 is 2.45 bits per heavy atom. The van der Waals surface area contributed by atoms with Crippen molar-refractivity contribution >= 4 is 14.3 Å². The van der Waals surface area contributed by atoms with Gasteiger partial charge in [0.1, 0.15) is 5.60 Å². The van der Waals surface area contributed by atoms with Crippen LogP contribution < -0.4 is 0 Å². The summed E-state index contributed by atoms with van der Waals surface area (Å²) in [4.78, 5) is 10.7. The van der Waals surface area contributed by atoms with E-state index in [-0.39, 0.29) is 24.4 Å². The summed E-state index contributed by atoms with van der Waals surface area (Å²) in [6.45, 7) is 8.57. The van der Waals surface area contributed by atoms with Crippen LogP contribution in [-0.4, -0.2) is 47.4 Å². The summed E-state index contributed by atoms with van der Waals surface area (Å²) < 4.78 is 6.41. The molecule has 1 saturated carbocycles. The van der Waals surface area contributed by atoms with Crippen LogP contribution in [0.3, 0.4) is 0 Å². The fraction of sp³-hybridized carbons (Fsp3) is 0.800. The Kier molecular flexibility index (Phi) is 12.1. The minimum absolute atomic E-state index is 0.0202. The molecular formula is C25H44O5Si. The highest BCUT2D eigenvalue weighted by Gasteiger charge is 2.43. The number of carboxylic acid groups (broad SMARTS) is 1. The van der Waals surface area contributed by atoms with E-state index in [0.29, 0.717) is 19.3 Å². The molecule has 6 heteroatoms. The fourth-order valence-electron chi connectivity index (χ4n) is 4.46. The lowest BCUT2D eigenvalue weighted by atomic mass is 9.86. The van der Waals surface area contributed by atoms with Crippen molar-refractivity contribution in [3.8, 4) is 12.3 Å². The third-order valence-electron chi connectivity index (χ3n) is 6.08. The minimum Gasteiger partial charge on any atom is -0.481 e. The van der Waals surface area contributed by atoms with Gasteiger partial charge < -0.3 is 19.7 Å². The summed E-state index contributed by atoms with van der Waals surface area (Å²) in [5, 5.41) is 30.4. The second-order valence-corrected chi connectivity index (χ2v) is 14.5. The van der Waals surface area contributed by atoms with Crippen LogP contribution in [0.2, 0.25) is 19.6 Å². The molecule has 0 spiro atoms. The van der Waals surface area contributed by atoms with E-state index in [1.165, 1.54) is 0 Å². The predicted molar refractivity (Wildman–Crippen MR) is 128 cm³/mol. The van der Waals surface area contributed by atoms with Crippen molar-refractivity contribution < 1.29 is 24.5 Å². The number of terminal acetylenes is 1. The van der Waals surface area contributed by atoms with Crippen molar-refractivity contribution in [2.45, 2.75) is 115 Å². The lowest BCUT2D eigenvalue weighted by Gasteiger charge is -2.29. The summed E-state index contributed by atoms with van der Waals surface area (Å²) >= 11 is 0. The van der Waals surface area contributed by atoms with Crippen molar-refractivity contribution in [3.63, 3.8) is 0 Å². The lowest BCUT2D eigenvalue weighted by molar-refractivity contribution is -0.137. The average molecular weight is 453 g/mol. The molecule has 1 fully saturated rings. The molecule has 3 N–H and O–H groups in total. The number of aliphatic carboxylic acids is 1. The lowest BCUT2D eigenvalue weighted by Crippen LogP contribution is -2.35. The number of carbonyl (C=O) groups is 1. The van der Waals surface area contributed by atoms with Gasteiger partial charge in [0.2, 0.25) is 0 Å². The molecule has 31 heavy (non-hydrogen) atoms.